The van der Waals surface area contributed by atoms with Crippen LogP contribution in [0, 0.1) is 25.7 Å². The molecular weight excluding hydrogens is 228 g/mol. The number of aryl methyl sites for hydroxylation is 2. The van der Waals surface area contributed by atoms with Gasteiger partial charge in [0.25, 0.3) is 0 Å². The summed E-state index contributed by atoms with van der Waals surface area (Å²) in [5, 5.41) is 4.80. The van der Waals surface area contributed by atoms with E-state index >= 15 is 0 Å². The predicted molar refractivity (Wildman–Crippen MR) is 76.6 cm³/mol. The number of hydrogen-bond donors (Lipinski definition) is 1. The van der Waals surface area contributed by atoms with Gasteiger partial charge in [-0.05, 0) is 45.6 Å². The molecule has 0 aliphatic carbocycles. The second-order valence-electron chi connectivity index (χ2n) is 5.55. The SMILES string of the molecule is Cc1nc(C)c(C(C)NCC(C)CC(C)C)s1. The molecule has 0 aliphatic rings. The van der Waals surface area contributed by atoms with Crippen molar-refractivity contribution in [2.45, 2.75) is 54.0 Å². The van der Waals surface area contributed by atoms with Crippen LogP contribution < -0.4 is 5.32 Å². The first kappa shape index (κ1) is 14.7. The van der Waals surface area contributed by atoms with Crippen molar-refractivity contribution in [1.29, 1.82) is 0 Å². The molecule has 0 aromatic carbocycles. The minimum absolute atomic E-state index is 0.427. The highest BCUT2D eigenvalue weighted by molar-refractivity contribution is 7.11. The van der Waals surface area contributed by atoms with Gasteiger partial charge in [-0.2, -0.15) is 0 Å². The molecule has 1 rings (SSSR count). The Bertz CT molecular complexity index is 344. The zero-order valence-electron chi connectivity index (χ0n) is 12.0. The van der Waals surface area contributed by atoms with Gasteiger partial charge in [-0.25, -0.2) is 4.98 Å². The van der Waals surface area contributed by atoms with Crippen molar-refractivity contribution in [2.75, 3.05) is 6.54 Å². The number of nitrogens with zero attached hydrogens (tertiary/aromatic N) is 1. The van der Waals surface area contributed by atoms with E-state index in [4.69, 9.17) is 0 Å². The molecule has 0 saturated carbocycles. The molecule has 1 heterocycles. The van der Waals surface area contributed by atoms with Crippen LogP contribution in [-0.4, -0.2) is 11.5 Å². The zero-order valence-corrected chi connectivity index (χ0v) is 12.8. The molecule has 0 spiro atoms. The van der Waals surface area contributed by atoms with Crippen LogP contribution in [0.1, 0.15) is 55.7 Å². The van der Waals surface area contributed by atoms with Crippen LogP contribution in [0.25, 0.3) is 0 Å². The Morgan fingerprint density at radius 2 is 1.82 bits per heavy atom. The van der Waals surface area contributed by atoms with Crippen molar-refractivity contribution in [3.8, 4) is 0 Å². The number of rotatable bonds is 6. The van der Waals surface area contributed by atoms with Gasteiger partial charge < -0.3 is 5.32 Å². The normalized spacial score (nSPS) is 15.2. The standard InChI is InChI=1S/C14H26N2S/c1-9(2)7-10(3)8-15-11(4)14-12(5)16-13(6)17-14/h9-11,15H,7-8H2,1-6H3. The number of hydrogen-bond acceptors (Lipinski definition) is 3. The topological polar surface area (TPSA) is 24.9 Å². The molecule has 2 nitrogen and oxygen atoms in total. The van der Waals surface area contributed by atoms with Gasteiger partial charge in [0.15, 0.2) is 0 Å². The Kier molecular flexibility index (Phi) is 5.60. The van der Waals surface area contributed by atoms with Gasteiger partial charge in [0.1, 0.15) is 0 Å². The van der Waals surface area contributed by atoms with Crippen molar-refractivity contribution >= 4 is 11.3 Å². The maximum absolute atomic E-state index is 4.49. The Morgan fingerprint density at radius 3 is 2.29 bits per heavy atom. The molecule has 0 radical (unpaired) electrons. The van der Waals surface area contributed by atoms with E-state index in [0.717, 1.165) is 18.4 Å². The molecule has 0 aliphatic heterocycles. The van der Waals surface area contributed by atoms with E-state index < -0.39 is 0 Å². The Morgan fingerprint density at radius 1 is 1.18 bits per heavy atom. The van der Waals surface area contributed by atoms with Crippen LogP contribution in [0.5, 0.6) is 0 Å². The van der Waals surface area contributed by atoms with Crippen molar-refractivity contribution in [3.63, 3.8) is 0 Å². The van der Waals surface area contributed by atoms with Gasteiger partial charge in [0.2, 0.25) is 0 Å². The first-order valence-electron chi connectivity index (χ1n) is 6.57. The zero-order chi connectivity index (χ0) is 13.0. The molecule has 98 valence electrons. The Hall–Kier alpha value is -0.410. The van der Waals surface area contributed by atoms with Crippen LogP contribution in [-0.2, 0) is 0 Å². The average molecular weight is 254 g/mol. The van der Waals surface area contributed by atoms with E-state index in [0.29, 0.717) is 6.04 Å². The fourth-order valence-electron chi connectivity index (χ4n) is 2.31. The summed E-state index contributed by atoms with van der Waals surface area (Å²) in [5.74, 6) is 1.53. The molecule has 0 amide bonds. The third kappa shape index (κ3) is 4.76. The molecule has 1 aromatic rings. The molecule has 1 N–H and O–H groups in total. The van der Waals surface area contributed by atoms with Gasteiger partial charge in [0, 0.05) is 10.9 Å². The van der Waals surface area contributed by atoms with E-state index in [-0.39, 0.29) is 0 Å². The fraction of sp³-hybridized carbons (Fsp3) is 0.786. The van der Waals surface area contributed by atoms with E-state index in [9.17, 15) is 0 Å². The molecule has 0 saturated heterocycles. The molecule has 17 heavy (non-hydrogen) atoms. The number of nitrogens with one attached hydrogen (secondary N) is 1. The highest BCUT2D eigenvalue weighted by atomic mass is 32.1. The van der Waals surface area contributed by atoms with Gasteiger partial charge in [-0.15, -0.1) is 11.3 Å². The van der Waals surface area contributed by atoms with Gasteiger partial charge in [-0.3, -0.25) is 0 Å². The van der Waals surface area contributed by atoms with Crippen LogP contribution >= 0.6 is 11.3 Å². The quantitative estimate of drug-likeness (QED) is 0.827. The summed E-state index contributed by atoms with van der Waals surface area (Å²) in [6.07, 6.45) is 1.29. The third-order valence-electron chi connectivity index (χ3n) is 2.98. The molecule has 3 heteroatoms. The minimum Gasteiger partial charge on any atom is -0.309 e. The molecule has 2 atom stereocenters. The Balaban J connectivity index is 2.44. The van der Waals surface area contributed by atoms with Crippen LogP contribution in [0.2, 0.25) is 0 Å². The largest absolute Gasteiger partial charge is 0.309 e. The second kappa shape index (κ2) is 6.50. The fourth-order valence-corrected chi connectivity index (χ4v) is 3.26. The van der Waals surface area contributed by atoms with Crippen molar-refractivity contribution in [2.24, 2.45) is 11.8 Å². The van der Waals surface area contributed by atoms with Gasteiger partial charge in [0.05, 0.1) is 10.7 Å². The lowest BCUT2D eigenvalue weighted by molar-refractivity contribution is 0.397. The van der Waals surface area contributed by atoms with E-state index in [2.05, 4.69) is 51.8 Å². The summed E-state index contributed by atoms with van der Waals surface area (Å²) in [4.78, 5) is 5.87. The highest BCUT2D eigenvalue weighted by Gasteiger charge is 2.13. The van der Waals surface area contributed by atoms with Gasteiger partial charge >= 0.3 is 0 Å². The smallest absolute Gasteiger partial charge is 0.0900 e. The summed E-state index contributed by atoms with van der Waals surface area (Å²) in [7, 11) is 0. The van der Waals surface area contributed by atoms with Crippen LogP contribution in [0.15, 0.2) is 0 Å². The lowest BCUT2D eigenvalue weighted by Crippen LogP contribution is -2.25. The monoisotopic (exact) mass is 254 g/mol. The van der Waals surface area contributed by atoms with E-state index in [1.165, 1.54) is 22.0 Å². The molecular formula is C14H26N2S. The first-order valence-corrected chi connectivity index (χ1v) is 7.39. The summed E-state index contributed by atoms with van der Waals surface area (Å²) in [6.45, 7) is 14.4. The number of thiazole rings is 1. The Labute approximate surface area is 110 Å². The second-order valence-corrected chi connectivity index (χ2v) is 6.78. The van der Waals surface area contributed by atoms with Crippen molar-refractivity contribution in [1.82, 2.24) is 10.3 Å². The summed E-state index contributed by atoms with van der Waals surface area (Å²) in [6, 6.07) is 0.427. The van der Waals surface area contributed by atoms with Gasteiger partial charge in [-0.1, -0.05) is 20.8 Å². The van der Waals surface area contributed by atoms with E-state index in [1.807, 2.05) is 11.3 Å². The van der Waals surface area contributed by atoms with E-state index in [1.54, 1.807) is 0 Å². The molecule has 0 fully saturated rings. The van der Waals surface area contributed by atoms with Crippen LogP contribution in [0.3, 0.4) is 0 Å². The summed E-state index contributed by atoms with van der Waals surface area (Å²) in [5.41, 5.74) is 1.18. The predicted octanol–water partition coefficient (Wildman–Crippen LogP) is 4.09. The lowest BCUT2D eigenvalue weighted by atomic mass is 9.99. The maximum atomic E-state index is 4.49. The van der Waals surface area contributed by atoms with Crippen LogP contribution in [0.4, 0.5) is 0 Å². The van der Waals surface area contributed by atoms with Crippen molar-refractivity contribution in [3.05, 3.63) is 15.6 Å². The summed E-state index contributed by atoms with van der Waals surface area (Å²) < 4.78 is 0. The highest BCUT2D eigenvalue weighted by Crippen LogP contribution is 2.24. The lowest BCUT2D eigenvalue weighted by Gasteiger charge is -2.18. The average Bonchev–Trinajstić information content (AvgIpc) is 2.53. The summed E-state index contributed by atoms with van der Waals surface area (Å²) >= 11 is 1.81. The minimum atomic E-state index is 0.427. The molecule has 0 bridgehead atoms. The maximum Gasteiger partial charge on any atom is 0.0900 e. The molecule has 2 unspecified atom stereocenters. The third-order valence-corrected chi connectivity index (χ3v) is 4.23. The van der Waals surface area contributed by atoms with Crippen molar-refractivity contribution < 1.29 is 0 Å². The first-order chi connectivity index (χ1) is 7.90. The molecule has 1 aromatic heterocycles. The number of aromatic nitrogens is 1.